The van der Waals surface area contributed by atoms with E-state index in [1.54, 1.807) is 6.07 Å². The SMILES string of the molecule is O=C(OCCOc1ccc(F)cc1)c1n[nH]c2ccccc12. The molecule has 0 saturated carbocycles. The highest BCUT2D eigenvalue weighted by atomic mass is 19.1. The Morgan fingerprint density at radius 2 is 1.86 bits per heavy atom. The number of rotatable bonds is 5. The van der Waals surface area contributed by atoms with Gasteiger partial charge in [0.2, 0.25) is 0 Å². The van der Waals surface area contributed by atoms with Gasteiger partial charge in [-0.3, -0.25) is 5.10 Å². The third-order valence-corrected chi connectivity index (χ3v) is 3.06. The van der Waals surface area contributed by atoms with Crippen LogP contribution in [0.5, 0.6) is 5.75 Å². The van der Waals surface area contributed by atoms with Crippen molar-refractivity contribution >= 4 is 16.9 Å². The number of carbonyl (C=O) groups is 1. The monoisotopic (exact) mass is 300 g/mol. The van der Waals surface area contributed by atoms with Crippen LogP contribution < -0.4 is 4.74 Å². The van der Waals surface area contributed by atoms with Gasteiger partial charge in [0, 0.05) is 5.39 Å². The molecule has 3 rings (SSSR count). The molecule has 5 nitrogen and oxygen atoms in total. The summed E-state index contributed by atoms with van der Waals surface area (Å²) >= 11 is 0. The molecule has 0 fully saturated rings. The number of esters is 1. The quantitative estimate of drug-likeness (QED) is 0.581. The molecular formula is C16H13FN2O3. The average molecular weight is 300 g/mol. The number of hydrogen-bond donors (Lipinski definition) is 1. The van der Waals surface area contributed by atoms with Gasteiger partial charge < -0.3 is 9.47 Å². The number of hydrogen-bond acceptors (Lipinski definition) is 4. The second kappa shape index (κ2) is 6.26. The van der Waals surface area contributed by atoms with E-state index in [1.807, 2.05) is 18.2 Å². The maximum Gasteiger partial charge on any atom is 0.359 e. The summed E-state index contributed by atoms with van der Waals surface area (Å²) in [5.74, 6) is -0.327. The number of ether oxygens (including phenoxy) is 2. The Labute approximate surface area is 125 Å². The summed E-state index contributed by atoms with van der Waals surface area (Å²) in [5, 5.41) is 7.45. The summed E-state index contributed by atoms with van der Waals surface area (Å²) in [6.45, 7) is 0.261. The Morgan fingerprint density at radius 3 is 2.68 bits per heavy atom. The maximum atomic E-state index is 12.7. The minimum atomic E-state index is -0.514. The molecule has 1 heterocycles. The molecule has 3 aromatic rings. The summed E-state index contributed by atoms with van der Waals surface area (Å²) in [7, 11) is 0. The number of para-hydroxylation sites is 1. The van der Waals surface area contributed by atoms with E-state index in [4.69, 9.17) is 9.47 Å². The minimum Gasteiger partial charge on any atom is -0.490 e. The molecule has 2 aromatic carbocycles. The molecule has 1 N–H and O–H groups in total. The van der Waals surface area contributed by atoms with Gasteiger partial charge in [0.25, 0.3) is 0 Å². The summed E-state index contributed by atoms with van der Waals surface area (Å²) in [6, 6.07) is 12.9. The largest absolute Gasteiger partial charge is 0.490 e. The van der Waals surface area contributed by atoms with E-state index in [2.05, 4.69) is 10.2 Å². The molecule has 0 radical (unpaired) electrons. The lowest BCUT2D eigenvalue weighted by Crippen LogP contribution is -2.13. The van der Waals surface area contributed by atoms with E-state index in [0.717, 1.165) is 5.52 Å². The standard InChI is InChI=1S/C16H13FN2O3/c17-11-5-7-12(8-6-11)21-9-10-22-16(20)15-13-3-1-2-4-14(13)18-19-15/h1-8H,9-10H2,(H,18,19). The fraction of sp³-hybridized carbons (Fsp3) is 0.125. The number of aromatic nitrogens is 2. The Bertz CT molecular complexity index is 783. The van der Waals surface area contributed by atoms with E-state index in [9.17, 15) is 9.18 Å². The lowest BCUT2D eigenvalue weighted by molar-refractivity contribution is 0.0446. The number of nitrogens with zero attached hydrogens (tertiary/aromatic N) is 1. The Balaban J connectivity index is 1.53. The van der Waals surface area contributed by atoms with E-state index >= 15 is 0 Å². The smallest absolute Gasteiger partial charge is 0.359 e. The normalized spacial score (nSPS) is 10.6. The van der Waals surface area contributed by atoms with Crippen LogP contribution in [0.15, 0.2) is 48.5 Å². The number of fused-ring (bicyclic) bond motifs is 1. The van der Waals surface area contributed by atoms with Crippen LogP contribution in [0, 0.1) is 5.82 Å². The van der Waals surface area contributed by atoms with Gasteiger partial charge in [-0.25, -0.2) is 9.18 Å². The molecule has 22 heavy (non-hydrogen) atoms. The molecule has 0 spiro atoms. The van der Waals surface area contributed by atoms with Crippen molar-refractivity contribution in [3.8, 4) is 5.75 Å². The van der Waals surface area contributed by atoms with Crippen molar-refractivity contribution in [3.63, 3.8) is 0 Å². The second-order valence-corrected chi connectivity index (χ2v) is 4.56. The molecule has 112 valence electrons. The number of halogens is 1. The topological polar surface area (TPSA) is 64.2 Å². The number of aromatic amines is 1. The molecule has 6 heteroatoms. The van der Waals surface area contributed by atoms with Crippen LogP contribution in [-0.4, -0.2) is 29.4 Å². The van der Waals surface area contributed by atoms with E-state index in [1.165, 1.54) is 24.3 Å². The fourth-order valence-electron chi connectivity index (χ4n) is 2.01. The van der Waals surface area contributed by atoms with Crippen molar-refractivity contribution in [2.75, 3.05) is 13.2 Å². The molecule has 0 amide bonds. The van der Waals surface area contributed by atoms with Crippen LogP contribution in [0.2, 0.25) is 0 Å². The van der Waals surface area contributed by atoms with Crippen LogP contribution in [-0.2, 0) is 4.74 Å². The number of carbonyl (C=O) groups excluding carboxylic acids is 1. The number of benzene rings is 2. The van der Waals surface area contributed by atoms with Crippen LogP contribution >= 0.6 is 0 Å². The highest BCUT2D eigenvalue weighted by Crippen LogP contribution is 2.16. The van der Waals surface area contributed by atoms with Gasteiger partial charge in [0.1, 0.15) is 24.8 Å². The van der Waals surface area contributed by atoms with Gasteiger partial charge in [-0.15, -0.1) is 0 Å². The van der Waals surface area contributed by atoms with Crippen molar-refractivity contribution in [1.29, 1.82) is 0 Å². The predicted octanol–water partition coefficient (Wildman–Crippen LogP) is 2.94. The van der Waals surface area contributed by atoms with E-state index < -0.39 is 5.97 Å². The van der Waals surface area contributed by atoms with Gasteiger partial charge in [-0.2, -0.15) is 5.10 Å². The Morgan fingerprint density at radius 1 is 1.09 bits per heavy atom. The number of H-pyrrole nitrogens is 1. The first kappa shape index (κ1) is 14.1. The first-order valence-corrected chi connectivity index (χ1v) is 6.72. The van der Waals surface area contributed by atoms with Crippen molar-refractivity contribution < 1.29 is 18.7 Å². The van der Waals surface area contributed by atoms with Crippen LogP contribution in [0.1, 0.15) is 10.5 Å². The average Bonchev–Trinajstić information content (AvgIpc) is 2.97. The molecule has 0 saturated heterocycles. The van der Waals surface area contributed by atoms with Gasteiger partial charge in [-0.05, 0) is 30.3 Å². The van der Waals surface area contributed by atoms with Crippen molar-refractivity contribution in [2.24, 2.45) is 0 Å². The third kappa shape index (κ3) is 3.06. The first-order chi connectivity index (χ1) is 10.7. The van der Waals surface area contributed by atoms with E-state index in [0.29, 0.717) is 11.1 Å². The summed E-state index contributed by atoms with van der Waals surface area (Å²) in [6.07, 6.45) is 0. The van der Waals surface area contributed by atoms with Crippen LogP contribution in [0.4, 0.5) is 4.39 Å². The summed E-state index contributed by atoms with van der Waals surface area (Å²) < 4.78 is 23.2. The zero-order valence-electron chi connectivity index (χ0n) is 11.6. The van der Waals surface area contributed by atoms with Gasteiger partial charge >= 0.3 is 5.97 Å². The molecule has 0 aliphatic carbocycles. The van der Waals surface area contributed by atoms with Gasteiger partial charge in [-0.1, -0.05) is 18.2 Å². The van der Waals surface area contributed by atoms with Crippen molar-refractivity contribution in [3.05, 3.63) is 60.0 Å². The van der Waals surface area contributed by atoms with Gasteiger partial charge in [0.05, 0.1) is 5.52 Å². The first-order valence-electron chi connectivity index (χ1n) is 6.72. The molecule has 0 aliphatic heterocycles. The zero-order valence-corrected chi connectivity index (χ0v) is 11.6. The van der Waals surface area contributed by atoms with Crippen LogP contribution in [0.3, 0.4) is 0 Å². The summed E-state index contributed by atoms with van der Waals surface area (Å²) in [5.41, 5.74) is 1.02. The van der Waals surface area contributed by atoms with Gasteiger partial charge in [0.15, 0.2) is 5.69 Å². The molecule has 1 aromatic heterocycles. The second-order valence-electron chi connectivity index (χ2n) is 4.56. The third-order valence-electron chi connectivity index (χ3n) is 3.06. The fourth-order valence-corrected chi connectivity index (χ4v) is 2.01. The van der Waals surface area contributed by atoms with Crippen molar-refractivity contribution in [2.45, 2.75) is 0 Å². The number of nitrogens with one attached hydrogen (secondary N) is 1. The van der Waals surface area contributed by atoms with Crippen LogP contribution in [0.25, 0.3) is 10.9 Å². The van der Waals surface area contributed by atoms with Crippen molar-refractivity contribution in [1.82, 2.24) is 10.2 Å². The Hall–Kier alpha value is -2.89. The highest BCUT2D eigenvalue weighted by Gasteiger charge is 2.14. The molecule has 0 bridgehead atoms. The molecule has 0 atom stereocenters. The molecular weight excluding hydrogens is 287 g/mol. The molecule has 0 aliphatic rings. The Kier molecular flexibility index (Phi) is 4.00. The molecule has 0 unspecified atom stereocenters. The predicted molar refractivity (Wildman–Crippen MR) is 78.3 cm³/mol. The minimum absolute atomic E-state index is 0.0808. The summed E-state index contributed by atoms with van der Waals surface area (Å²) in [4.78, 5) is 12.0. The van der Waals surface area contributed by atoms with E-state index in [-0.39, 0.29) is 24.7 Å². The highest BCUT2D eigenvalue weighted by molar-refractivity contribution is 6.01. The maximum absolute atomic E-state index is 12.7. The lowest BCUT2D eigenvalue weighted by Gasteiger charge is -2.06. The lowest BCUT2D eigenvalue weighted by atomic mass is 10.2. The zero-order chi connectivity index (χ0) is 15.4.